The van der Waals surface area contributed by atoms with Crippen LogP contribution in [0.5, 0.6) is 0 Å². The summed E-state index contributed by atoms with van der Waals surface area (Å²) in [6.07, 6.45) is 20.0. The molecule has 0 bridgehead atoms. The predicted molar refractivity (Wildman–Crippen MR) is 74.3 cm³/mol. The maximum atomic E-state index is 2.99. The third kappa shape index (κ3) is 15.7. The Labute approximate surface area is 154 Å². The van der Waals surface area contributed by atoms with Crippen molar-refractivity contribution in [2.75, 3.05) is 0 Å². The Kier molecular flexibility index (Phi) is 23.0. The quantitative estimate of drug-likeness (QED) is 0.484. The maximum Gasteiger partial charge on any atom is 4.00 e. The summed E-state index contributed by atoms with van der Waals surface area (Å²) in [5.74, 6) is 0. The zero-order valence-electron chi connectivity index (χ0n) is 11.5. The third-order valence-electron chi connectivity index (χ3n) is 2.11. The van der Waals surface area contributed by atoms with Gasteiger partial charge in [0.2, 0.25) is 0 Å². The number of allylic oxidation sites excluding steroid dienone is 8. The Balaban J connectivity index is -0.000000205. The van der Waals surface area contributed by atoms with Gasteiger partial charge in [0.05, 0.1) is 0 Å². The van der Waals surface area contributed by atoms with E-state index in [0.717, 1.165) is 12.8 Å². The van der Waals surface area contributed by atoms with Gasteiger partial charge in [-0.15, -0.1) is 12.8 Å². The van der Waals surface area contributed by atoms with Crippen LogP contribution in [-0.2, 0) is 26.2 Å². The zero-order valence-corrected chi connectivity index (χ0v) is 15.5. The molecule has 3 heteroatoms. The number of hydrogen-bond acceptors (Lipinski definition) is 0. The summed E-state index contributed by atoms with van der Waals surface area (Å²) >= 11 is 0. The first-order chi connectivity index (χ1) is 8.39. The fourth-order valence-corrected chi connectivity index (χ4v) is 1.21. The van der Waals surface area contributed by atoms with Crippen molar-refractivity contribution < 1.29 is 51.0 Å². The minimum atomic E-state index is 0. The first-order valence-electron chi connectivity index (χ1n) is 5.84. The van der Waals surface area contributed by atoms with E-state index in [9.17, 15) is 0 Å². The first-order valence-corrected chi connectivity index (χ1v) is 5.84. The van der Waals surface area contributed by atoms with E-state index in [4.69, 9.17) is 0 Å². The molecule has 0 saturated heterocycles. The van der Waals surface area contributed by atoms with E-state index in [0.29, 0.717) is 0 Å². The molecular formula is C17H18Cl2Zr. The van der Waals surface area contributed by atoms with E-state index in [1.165, 1.54) is 5.56 Å². The molecule has 0 spiro atoms. The van der Waals surface area contributed by atoms with Gasteiger partial charge in [-0.25, -0.2) is 24.3 Å². The number of benzene rings is 1. The zero-order chi connectivity index (χ0) is 12.2. The molecule has 3 rings (SSSR count). The Morgan fingerprint density at radius 1 is 0.800 bits per heavy atom. The molecule has 104 valence electrons. The van der Waals surface area contributed by atoms with Crippen LogP contribution >= 0.6 is 0 Å². The summed E-state index contributed by atoms with van der Waals surface area (Å²) in [5.41, 5.74) is 1.32. The van der Waals surface area contributed by atoms with Crippen molar-refractivity contribution in [2.45, 2.75) is 19.8 Å². The van der Waals surface area contributed by atoms with E-state index in [1.807, 2.05) is 42.5 Å². The van der Waals surface area contributed by atoms with Crippen molar-refractivity contribution in [3.63, 3.8) is 0 Å². The predicted octanol–water partition coefficient (Wildman–Crippen LogP) is -1.39. The first kappa shape index (κ1) is 24.6. The van der Waals surface area contributed by atoms with E-state index < -0.39 is 0 Å². The Hall–Kier alpha value is -0.357. The van der Waals surface area contributed by atoms with Crippen molar-refractivity contribution in [1.82, 2.24) is 0 Å². The van der Waals surface area contributed by atoms with Gasteiger partial charge in [-0.2, -0.15) is 12.2 Å². The largest absolute Gasteiger partial charge is 4.00 e. The molecule has 0 saturated carbocycles. The van der Waals surface area contributed by atoms with Gasteiger partial charge >= 0.3 is 26.2 Å². The van der Waals surface area contributed by atoms with Crippen LogP contribution in [0.2, 0.25) is 0 Å². The molecule has 20 heavy (non-hydrogen) atoms. The second kappa shape index (κ2) is 18.6. The monoisotopic (exact) mass is 382 g/mol. The molecule has 0 radical (unpaired) electrons. The van der Waals surface area contributed by atoms with Crippen LogP contribution in [0.3, 0.4) is 0 Å². The van der Waals surface area contributed by atoms with E-state index >= 15 is 0 Å². The number of halogens is 2. The molecule has 2 aliphatic carbocycles. The average Bonchev–Trinajstić information content (AvgIpc) is 3.09. The molecule has 2 aliphatic rings. The second-order valence-electron chi connectivity index (χ2n) is 3.66. The summed E-state index contributed by atoms with van der Waals surface area (Å²) in [7, 11) is 0. The van der Waals surface area contributed by atoms with Gasteiger partial charge in [-0.05, 0) is 6.92 Å². The molecule has 0 unspecified atom stereocenters. The van der Waals surface area contributed by atoms with Crippen LogP contribution in [0.1, 0.15) is 18.4 Å². The topological polar surface area (TPSA) is 0 Å². The minimum absolute atomic E-state index is 0. The number of aryl methyl sites for hydroxylation is 1. The fourth-order valence-electron chi connectivity index (χ4n) is 1.21. The molecule has 1 aromatic carbocycles. The van der Waals surface area contributed by atoms with Gasteiger partial charge < -0.3 is 24.8 Å². The molecular weight excluding hydrogens is 366 g/mol. The summed E-state index contributed by atoms with van der Waals surface area (Å²) in [4.78, 5) is 0. The molecule has 0 nitrogen and oxygen atoms in total. The van der Waals surface area contributed by atoms with Gasteiger partial charge in [-0.3, -0.25) is 12.2 Å². The molecule has 0 atom stereocenters. The smallest absolute Gasteiger partial charge is 1.00 e. The third-order valence-corrected chi connectivity index (χ3v) is 2.11. The van der Waals surface area contributed by atoms with E-state index in [1.54, 1.807) is 0 Å². The average molecular weight is 384 g/mol. The summed E-state index contributed by atoms with van der Waals surface area (Å²) in [5, 5.41) is 0. The molecule has 0 N–H and O–H groups in total. The standard InChI is InChI=1S/C7H8.2C5H5.2ClH.Zr/c1-7-5-3-2-4-6-7;2*1-2-4-5-3-1;;;/h2-6H,1H3;2*1-3H,4H2;2*1H;/q;2*-1;;;+4/p-2. The van der Waals surface area contributed by atoms with Crippen LogP contribution in [0, 0.1) is 19.1 Å². The molecule has 0 amide bonds. The number of rotatable bonds is 0. The maximum absolute atomic E-state index is 2.99. The van der Waals surface area contributed by atoms with Crippen LogP contribution in [-0.4, -0.2) is 0 Å². The minimum Gasteiger partial charge on any atom is -1.00 e. The Morgan fingerprint density at radius 3 is 1.40 bits per heavy atom. The Morgan fingerprint density at radius 2 is 1.25 bits per heavy atom. The van der Waals surface area contributed by atoms with Gasteiger partial charge in [0, 0.05) is 0 Å². The van der Waals surface area contributed by atoms with Crippen LogP contribution < -0.4 is 24.8 Å². The van der Waals surface area contributed by atoms with Gasteiger partial charge in [0.1, 0.15) is 0 Å². The number of hydrogen-bond donors (Lipinski definition) is 0. The molecule has 0 heterocycles. The van der Waals surface area contributed by atoms with Gasteiger partial charge in [0.15, 0.2) is 0 Å². The summed E-state index contributed by atoms with van der Waals surface area (Å²) in [6, 6.07) is 10.3. The van der Waals surface area contributed by atoms with Gasteiger partial charge in [0.25, 0.3) is 0 Å². The Bertz CT molecular complexity index is 364. The van der Waals surface area contributed by atoms with Crippen molar-refractivity contribution in [1.29, 1.82) is 0 Å². The molecule has 0 aliphatic heterocycles. The van der Waals surface area contributed by atoms with Crippen LogP contribution in [0.15, 0.2) is 66.8 Å². The fraction of sp³-hybridized carbons (Fsp3) is 0.176. The van der Waals surface area contributed by atoms with E-state index in [-0.39, 0.29) is 51.0 Å². The van der Waals surface area contributed by atoms with Crippen LogP contribution in [0.4, 0.5) is 0 Å². The SMILES string of the molecule is Cc1ccccc1.[C-]1=CC=CC1.[C-]1=CC=CC1.[Cl-].[Cl-].[Zr+4]. The second-order valence-corrected chi connectivity index (χ2v) is 3.66. The molecule has 1 aromatic rings. The summed E-state index contributed by atoms with van der Waals surface area (Å²) < 4.78 is 0. The molecule has 0 fully saturated rings. The normalized spacial score (nSPS) is 11.8. The van der Waals surface area contributed by atoms with Crippen molar-refractivity contribution in [2.24, 2.45) is 0 Å². The van der Waals surface area contributed by atoms with Gasteiger partial charge in [-0.1, -0.05) is 35.9 Å². The van der Waals surface area contributed by atoms with Crippen LogP contribution in [0.25, 0.3) is 0 Å². The van der Waals surface area contributed by atoms with E-state index in [2.05, 4.69) is 43.4 Å². The van der Waals surface area contributed by atoms with Crippen molar-refractivity contribution >= 4 is 0 Å². The van der Waals surface area contributed by atoms with Crippen molar-refractivity contribution in [3.05, 3.63) is 84.5 Å². The van der Waals surface area contributed by atoms with Crippen molar-refractivity contribution in [3.8, 4) is 0 Å². The summed E-state index contributed by atoms with van der Waals surface area (Å²) in [6.45, 7) is 2.08. The molecule has 0 aromatic heterocycles.